The molecule has 21 heavy (non-hydrogen) atoms. The molecule has 0 aromatic heterocycles. The highest BCUT2D eigenvalue weighted by Crippen LogP contribution is 2.35. The maximum absolute atomic E-state index is 13.9. The molecule has 1 amide bonds. The first-order valence-electron chi connectivity index (χ1n) is 6.48. The number of hydrogen-bond acceptors (Lipinski definition) is 3. The number of hydrogen-bond donors (Lipinski definition) is 1. The zero-order chi connectivity index (χ0) is 15.8. The minimum Gasteiger partial charge on any atom is -0.349 e. The Kier molecular flexibility index (Phi) is 4.95. The summed E-state index contributed by atoms with van der Waals surface area (Å²) >= 11 is 2.92. The number of carbonyl (C=O) groups excluding carboxylic acids is 1. The van der Waals surface area contributed by atoms with Gasteiger partial charge < -0.3 is 5.32 Å². The van der Waals surface area contributed by atoms with E-state index in [9.17, 15) is 17.6 Å². The van der Waals surface area contributed by atoms with Gasteiger partial charge in [0.05, 0.1) is 10.5 Å². The number of halogens is 3. The van der Waals surface area contributed by atoms with Gasteiger partial charge in [-0.25, -0.2) is 12.8 Å². The van der Waals surface area contributed by atoms with E-state index >= 15 is 0 Å². The number of nitrogens with one attached hydrogen (secondary N) is 1. The monoisotopic (exact) mass is 397 g/mol. The van der Waals surface area contributed by atoms with Crippen LogP contribution in [0.2, 0.25) is 0 Å². The SMILES string of the molecule is CCCC1CC1NC(=O)c1cc(S(=O)(=O)Cl)c(Br)cc1F. The van der Waals surface area contributed by atoms with E-state index in [-0.39, 0.29) is 21.0 Å². The zero-order valence-corrected chi connectivity index (χ0v) is 14.4. The Morgan fingerprint density at radius 1 is 1.52 bits per heavy atom. The van der Waals surface area contributed by atoms with E-state index in [1.807, 2.05) is 0 Å². The highest BCUT2D eigenvalue weighted by atomic mass is 79.9. The zero-order valence-electron chi connectivity index (χ0n) is 11.2. The number of amides is 1. The average Bonchev–Trinajstić information content (AvgIpc) is 3.05. The maximum atomic E-state index is 13.9. The van der Waals surface area contributed by atoms with E-state index in [2.05, 4.69) is 28.2 Å². The number of benzene rings is 1. The summed E-state index contributed by atoms with van der Waals surface area (Å²) in [6, 6.07) is 1.92. The quantitative estimate of drug-likeness (QED) is 0.773. The molecule has 0 bridgehead atoms. The summed E-state index contributed by atoms with van der Waals surface area (Å²) in [5, 5.41) is 2.71. The topological polar surface area (TPSA) is 63.2 Å². The molecule has 0 saturated heterocycles. The van der Waals surface area contributed by atoms with Crippen LogP contribution in [-0.2, 0) is 9.05 Å². The molecular weight excluding hydrogens is 385 g/mol. The Balaban J connectivity index is 2.22. The molecule has 8 heteroatoms. The summed E-state index contributed by atoms with van der Waals surface area (Å²) in [6.07, 6.45) is 2.91. The molecule has 1 aliphatic rings. The molecule has 2 atom stereocenters. The summed E-state index contributed by atoms with van der Waals surface area (Å²) < 4.78 is 36.6. The second-order valence-electron chi connectivity index (χ2n) is 5.06. The van der Waals surface area contributed by atoms with Crippen molar-refractivity contribution in [3.63, 3.8) is 0 Å². The van der Waals surface area contributed by atoms with Crippen LogP contribution < -0.4 is 5.32 Å². The summed E-state index contributed by atoms with van der Waals surface area (Å²) in [7, 11) is 1.20. The van der Waals surface area contributed by atoms with Crippen LogP contribution in [0, 0.1) is 11.7 Å². The summed E-state index contributed by atoms with van der Waals surface area (Å²) in [6.45, 7) is 2.06. The Bertz CT molecular complexity index is 680. The van der Waals surface area contributed by atoms with Crippen molar-refractivity contribution >= 4 is 41.6 Å². The lowest BCUT2D eigenvalue weighted by molar-refractivity contribution is 0.0944. The predicted molar refractivity (Wildman–Crippen MR) is 81.4 cm³/mol. The summed E-state index contributed by atoms with van der Waals surface area (Å²) in [5.74, 6) is -0.991. The molecule has 116 valence electrons. The molecule has 2 rings (SSSR count). The van der Waals surface area contributed by atoms with Crippen molar-refractivity contribution in [2.75, 3.05) is 0 Å². The molecule has 0 spiro atoms. The van der Waals surface area contributed by atoms with Gasteiger partial charge in [0.1, 0.15) is 5.82 Å². The molecular formula is C13H14BrClFNO3S. The molecule has 0 radical (unpaired) electrons. The molecule has 4 nitrogen and oxygen atoms in total. The molecule has 1 N–H and O–H groups in total. The van der Waals surface area contributed by atoms with Gasteiger partial charge in [-0.15, -0.1) is 0 Å². The van der Waals surface area contributed by atoms with E-state index in [1.165, 1.54) is 0 Å². The normalized spacial score (nSPS) is 21.1. The lowest BCUT2D eigenvalue weighted by atomic mass is 10.2. The van der Waals surface area contributed by atoms with Gasteiger partial charge in [-0.3, -0.25) is 4.79 Å². The molecule has 1 aromatic carbocycles. The lowest BCUT2D eigenvalue weighted by Gasteiger charge is -2.08. The average molecular weight is 399 g/mol. The van der Waals surface area contributed by atoms with Crippen LogP contribution in [0.4, 0.5) is 4.39 Å². The highest BCUT2D eigenvalue weighted by molar-refractivity contribution is 9.10. The van der Waals surface area contributed by atoms with Gasteiger partial charge in [-0.1, -0.05) is 13.3 Å². The Morgan fingerprint density at radius 2 is 2.19 bits per heavy atom. The molecule has 1 fully saturated rings. The largest absolute Gasteiger partial charge is 0.349 e. The van der Waals surface area contributed by atoms with Crippen molar-refractivity contribution in [2.45, 2.75) is 37.1 Å². The van der Waals surface area contributed by atoms with Gasteiger partial charge in [-0.05, 0) is 46.8 Å². The minimum absolute atomic E-state index is 0.0122. The van der Waals surface area contributed by atoms with E-state index in [1.54, 1.807) is 0 Å². The first-order valence-corrected chi connectivity index (χ1v) is 9.58. The fourth-order valence-electron chi connectivity index (χ4n) is 2.25. The molecule has 0 heterocycles. The second-order valence-corrected chi connectivity index (χ2v) is 8.45. The smallest absolute Gasteiger partial charge is 0.262 e. The first-order chi connectivity index (χ1) is 9.74. The van der Waals surface area contributed by atoms with Crippen molar-refractivity contribution in [1.82, 2.24) is 5.32 Å². The maximum Gasteiger partial charge on any atom is 0.262 e. The van der Waals surface area contributed by atoms with Crippen molar-refractivity contribution in [2.24, 2.45) is 5.92 Å². The molecule has 1 aliphatic carbocycles. The van der Waals surface area contributed by atoms with E-state index in [4.69, 9.17) is 10.7 Å². The fraction of sp³-hybridized carbons (Fsp3) is 0.462. The van der Waals surface area contributed by atoms with Crippen LogP contribution in [0.1, 0.15) is 36.5 Å². The lowest BCUT2D eigenvalue weighted by Crippen LogP contribution is -2.28. The van der Waals surface area contributed by atoms with Gasteiger partial charge in [0.2, 0.25) is 0 Å². The van der Waals surface area contributed by atoms with Gasteiger partial charge in [0.15, 0.2) is 0 Å². The van der Waals surface area contributed by atoms with Gasteiger partial charge in [0, 0.05) is 21.2 Å². The molecule has 2 unspecified atom stereocenters. The van der Waals surface area contributed by atoms with Crippen LogP contribution in [0.25, 0.3) is 0 Å². The Morgan fingerprint density at radius 3 is 2.76 bits per heavy atom. The van der Waals surface area contributed by atoms with Crippen molar-refractivity contribution in [3.05, 3.63) is 28.0 Å². The highest BCUT2D eigenvalue weighted by Gasteiger charge is 2.37. The fourth-order valence-corrected chi connectivity index (χ4v) is 4.42. The van der Waals surface area contributed by atoms with Crippen LogP contribution in [0.5, 0.6) is 0 Å². The third-order valence-electron chi connectivity index (χ3n) is 3.43. The number of rotatable bonds is 5. The Hall–Kier alpha value is -0.660. The van der Waals surface area contributed by atoms with Crippen LogP contribution >= 0.6 is 26.6 Å². The molecule has 1 saturated carbocycles. The van der Waals surface area contributed by atoms with E-state index < -0.39 is 20.8 Å². The summed E-state index contributed by atoms with van der Waals surface area (Å²) in [4.78, 5) is 11.7. The van der Waals surface area contributed by atoms with E-state index in [0.717, 1.165) is 31.4 Å². The van der Waals surface area contributed by atoms with Crippen molar-refractivity contribution in [1.29, 1.82) is 0 Å². The van der Waals surface area contributed by atoms with Gasteiger partial charge in [-0.2, -0.15) is 0 Å². The van der Waals surface area contributed by atoms with Crippen LogP contribution in [0.15, 0.2) is 21.5 Å². The van der Waals surface area contributed by atoms with Crippen molar-refractivity contribution in [3.8, 4) is 0 Å². The van der Waals surface area contributed by atoms with Gasteiger partial charge in [0.25, 0.3) is 15.0 Å². The number of carbonyl (C=O) groups is 1. The second kappa shape index (κ2) is 6.22. The van der Waals surface area contributed by atoms with Crippen LogP contribution in [0.3, 0.4) is 0 Å². The first kappa shape index (κ1) is 16.7. The van der Waals surface area contributed by atoms with Crippen molar-refractivity contribution < 1.29 is 17.6 Å². The van der Waals surface area contributed by atoms with Crippen LogP contribution in [-0.4, -0.2) is 20.4 Å². The molecule has 0 aliphatic heterocycles. The van der Waals surface area contributed by atoms with E-state index in [0.29, 0.717) is 5.92 Å². The predicted octanol–water partition coefficient (Wildman–Crippen LogP) is 3.43. The van der Waals surface area contributed by atoms with Gasteiger partial charge >= 0.3 is 0 Å². The minimum atomic E-state index is -4.06. The third kappa shape index (κ3) is 3.96. The third-order valence-corrected chi connectivity index (χ3v) is 5.71. The standard InChI is InChI=1S/C13H14BrClFNO3S/c1-2-3-7-4-11(7)17-13(18)8-5-12(21(15,19)20)9(14)6-10(8)16/h5-7,11H,2-4H2,1H3,(H,17,18). The summed E-state index contributed by atoms with van der Waals surface area (Å²) in [5.41, 5.74) is -0.320. The Labute approximate surface area is 135 Å². The molecule has 1 aromatic rings.